The zero-order chi connectivity index (χ0) is 21.8. The Morgan fingerprint density at radius 3 is 2.45 bits per heavy atom. The SMILES string of the molecule is CCOc1nc(-c2ccccc2C)n(-c2ccc(NC(=O)c3ccccc3Cl)cc2)n1. The Morgan fingerprint density at radius 1 is 1.03 bits per heavy atom. The predicted octanol–water partition coefficient (Wildman–Crippen LogP) is 5.55. The molecule has 0 saturated carbocycles. The summed E-state index contributed by atoms with van der Waals surface area (Å²) in [5.74, 6) is 0.424. The highest BCUT2D eigenvalue weighted by Crippen LogP contribution is 2.27. The Labute approximate surface area is 185 Å². The number of rotatable bonds is 6. The summed E-state index contributed by atoms with van der Waals surface area (Å²) in [5.41, 5.74) is 3.93. The van der Waals surface area contributed by atoms with E-state index in [1.54, 1.807) is 28.9 Å². The van der Waals surface area contributed by atoms with Crippen LogP contribution in [0.2, 0.25) is 5.02 Å². The van der Waals surface area contributed by atoms with Crippen LogP contribution in [0.15, 0.2) is 72.8 Å². The summed E-state index contributed by atoms with van der Waals surface area (Å²) in [6.45, 7) is 4.40. The third-order valence-electron chi connectivity index (χ3n) is 4.74. The van der Waals surface area contributed by atoms with E-state index in [1.165, 1.54) is 0 Å². The first kappa shape index (κ1) is 20.6. The van der Waals surface area contributed by atoms with Crippen molar-refractivity contribution in [2.75, 3.05) is 11.9 Å². The summed E-state index contributed by atoms with van der Waals surface area (Å²) in [4.78, 5) is 17.1. The maximum atomic E-state index is 12.5. The second kappa shape index (κ2) is 9.02. The fourth-order valence-corrected chi connectivity index (χ4v) is 3.41. The van der Waals surface area contributed by atoms with E-state index in [2.05, 4.69) is 15.4 Å². The normalized spacial score (nSPS) is 10.7. The number of halogens is 1. The molecule has 0 aliphatic heterocycles. The molecule has 4 aromatic rings. The molecule has 0 aliphatic carbocycles. The van der Waals surface area contributed by atoms with Gasteiger partial charge in [0.1, 0.15) is 0 Å². The molecule has 0 radical (unpaired) electrons. The van der Waals surface area contributed by atoms with Crippen LogP contribution < -0.4 is 10.1 Å². The molecule has 1 aromatic heterocycles. The molecule has 3 aromatic carbocycles. The topological polar surface area (TPSA) is 69.0 Å². The number of aromatic nitrogens is 3. The molecule has 156 valence electrons. The molecule has 0 unspecified atom stereocenters. The molecule has 1 amide bonds. The lowest BCUT2D eigenvalue weighted by atomic mass is 10.1. The third-order valence-corrected chi connectivity index (χ3v) is 5.06. The lowest BCUT2D eigenvalue weighted by Gasteiger charge is -2.10. The first-order chi connectivity index (χ1) is 15.1. The maximum Gasteiger partial charge on any atom is 0.336 e. The zero-order valence-corrected chi connectivity index (χ0v) is 17.9. The van der Waals surface area contributed by atoms with E-state index in [4.69, 9.17) is 16.3 Å². The molecular weight excluding hydrogens is 412 g/mol. The van der Waals surface area contributed by atoms with Gasteiger partial charge < -0.3 is 10.1 Å². The molecule has 6 nitrogen and oxygen atoms in total. The number of aryl methyl sites for hydroxylation is 1. The first-order valence-electron chi connectivity index (χ1n) is 9.89. The quantitative estimate of drug-likeness (QED) is 0.434. The summed E-state index contributed by atoms with van der Waals surface area (Å²) >= 11 is 6.12. The number of carbonyl (C=O) groups is 1. The largest absolute Gasteiger partial charge is 0.463 e. The van der Waals surface area contributed by atoms with Crippen molar-refractivity contribution in [2.45, 2.75) is 13.8 Å². The molecule has 7 heteroatoms. The van der Waals surface area contributed by atoms with E-state index < -0.39 is 0 Å². The van der Waals surface area contributed by atoms with Crippen LogP contribution in [0.3, 0.4) is 0 Å². The molecule has 0 saturated heterocycles. The number of carbonyl (C=O) groups excluding carboxylic acids is 1. The maximum absolute atomic E-state index is 12.5. The van der Waals surface area contributed by atoms with Gasteiger partial charge in [-0.1, -0.05) is 48.0 Å². The van der Waals surface area contributed by atoms with Crippen molar-refractivity contribution in [1.29, 1.82) is 0 Å². The number of amides is 1. The number of anilines is 1. The van der Waals surface area contributed by atoms with Gasteiger partial charge in [-0.05, 0) is 55.8 Å². The van der Waals surface area contributed by atoms with Gasteiger partial charge in [0.25, 0.3) is 5.91 Å². The van der Waals surface area contributed by atoms with Crippen LogP contribution in [0.4, 0.5) is 5.69 Å². The van der Waals surface area contributed by atoms with Crippen LogP contribution in [0, 0.1) is 6.92 Å². The van der Waals surface area contributed by atoms with E-state index in [-0.39, 0.29) is 5.91 Å². The molecule has 0 aliphatic rings. The number of nitrogens with zero attached hydrogens (tertiary/aromatic N) is 3. The van der Waals surface area contributed by atoms with Crippen LogP contribution >= 0.6 is 11.6 Å². The van der Waals surface area contributed by atoms with Crippen LogP contribution in [-0.4, -0.2) is 27.3 Å². The van der Waals surface area contributed by atoms with Crippen molar-refractivity contribution in [1.82, 2.24) is 14.8 Å². The van der Waals surface area contributed by atoms with Crippen molar-refractivity contribution in [2.24, 2.45) is 0 Å². The van der Waals surface area contributed by atoms with Crippen molar-refractivity contribution >= 4 is 23.2 Å². The highest BCUT2D eigenvalue weighted by molar-refractivity contribution is 6.34. The van der Waals surface area contributed by atoms with E-state index in [0.717, 1.165) is 16.8 Å². The van der Waals surface area contributed by atoms with Crippen molar-refractivity contribution in [3.8, 4) is 23.1 Å². The van der Waals surface area contributed by atoms with Gasteiger partial charge in [-0.3, -0.25) is 4.79 Å². The van der Waals surface area contributed by atoms with Gasteiger partial charge in [0.15, 0.2) is 5.82 Å². The molecule has 31 heavy (non-hydrogen) atoms. The molecule has 0 spiro atoms. The van der Waals surface area contributed by atoms with E-state index in [9.17, 15) is 4.79 Å². The summed E-state index contributed by atoms with van der Waals surface area (Å²) < 4.78 is 7.28. The minimum atomic E-state index is -0.265. The zero-order valence-electron chi connectivity index (χ0n) is 17.2. The Kier molecular flexibility index (Phi) is 6.00. The molecule has 0 fully saturated rings. The fourth-order valence-electron chi connectivity index (χ4n) is 3.19. The van der Waals surface area contributed by atoms with Gasteiger partial charge in [0.2, 0.25) is 0 Å². The first-order valence-corrected chi connectivity index (χ1v) is 10.3. The number of hydrogen-bond acceptors (Lipinski definition) is 4. The molecule has 1 N–H and O–H groups in total. The Bertz CT molecular complexity index is 1220. The van der Waals surface area contributed by atoms with E-state index >= 15 is 0 Å². The molecule has 0 atom stereocenters. The van der Waals surface area contributed by atoms with Gasteiger partial charge in [-0.2, -0.15) is 4.98 Å². The highest BCUT2D eigenvalue weighted by Gasteiger charge is 2.16. The Balaban J connectivity index is 1.64. The molecule has 0 bridgehead atoms. The molecular formula is C24H21ClN4O2. The van der Waals surface area contributed by atoms with Crippen LogP contribution in [-0.2, 0) is 0 Å². The Hall–Kier alpha value is -3.64. The molecule has 1 heterocycles. The number of ether oxygens (including phenoxy) is 1. The second-order valence-electron chi connectivity index (χ2n) is 6.86. The van der Waals surface area contributed by atoms with Gasteiger partial charge in [0.05, 0.1) is 22.9 Å². The number of hydrogen-bond donors (Lipinski definition) is 1. The van der Waals surface area contributed by atoms with Crippen molar-refractivity contribution < 1.29 is 9.53 Å². The predicted molar refractivity (Wildman–Crippen MR) is 122 cm³/mol. The summed E-state index contributed by atoms with van der Waals surface area (Å²) in [6, 6.07) is 22.6. The average Bonchev–Trinajstić information content (AvgIpc) is 3.19. The monoisotopic (exact) mass is 432 g/mol. The lowest BCUT2D eigenvalue weighted by molar-refractivity contribution is 0.102. The van der Waals surface area contributed by atoms with E-state index in [1.807, 2.05) is 62.4 Å². The fraction of sp³-hybridized carbons (Fsp3) is 0.125. The highest BCUT2D eigenvalue weighted by atomic mass is 35.5. The van der Waals surface area contributed by atoms with Crippen molar-refractivity contribution in [3.05, 3.63) is 88.9 Å². The summed E-state index contributed by atoms with van der Waals surface area (Å²) in [7, 11) is 0. The average molecular weight is 433 g/mol. The van der Waals surface area contributed by atoms with Crippen LogP contribution in [0.1, 0.15) is 22.8 Å². The standard InChI is InChI=1S/C24H21ClN4O2/c1-3-31-24-27-22(19-9-5-4-8-16(19)2)29(28-24)18-14-12-17(13-15-18)26-23(30)20-10-6-7-11-21(20)25/h4-15H,3H2,1-2H3,(H,26,30). The number of benzene rings is 3. The van der Waals surface area contributed by atoms with Gasteiger partial charge >= 0.3 is 6.01 Å². The van der Waals surface area contributed by atoms with Crippen molar-refractivity contribution in [3.63, 3.8) is 0 Å². The van der Waals surface area contributed by atoms with E-state index in [0.29, 0.717) is 34.7 Å². The summed E-state index contributed by atoms with van der Waals surface area (Å²) in [6.07, 6.45) is 0. The van der Waals surface area contributed by atoms with Crippen LogP contribution in [0.25, 0.3) is 17.1 Å². The minimum Gasteiger partial charge on any atom is -0.463 e. The third kappa shape index (κ3) is 4.44. The Morgan fingerprint density at radius 2 is 1.74 bits per heavy atom. The smallest absolute Gasteiger partial charge is 0.336 e. The van der Waals surface area contributed by atoms with Crippen LogP contribution in [0.5, 0.6) is 6.01 Å². The summed E-state index contributed by atoms with van der Waals surface area (Å²) in [5, 5.41) is 7.79. The van der Waals surface area contributed by atoms with Gasteiger partial charge in [-0.15, -0.1) is 5.10 Å². The van der Waals surface area contributed by atoms with Gasteiger partial charge in [-0.25, -0.2) is 4.68 Å². The minimum absolute atomic E-state index is 0.265. The lowest BCUT2D eigenvalue weighted by Crippen LogP contribution is -2.12. The molecule has 4 rings (SSSR count). The van der Waals surface area contributed by atoms with Gasteiger partial charge in [0, 0.05) is 11.3 Å². The number of nitrogens with one attached hydrogen (secondary N) is 1. The second-order valence-corrected chi connectivity index (χ2v) is 7.27.